The summed E-state index contributed by atoms with van der Waals surface area (Å²) in [5.74, 6) is 0. The van der Waals surface area contributed by atoms with Gasteiger partial charge in [-0.25, -0.2) is 4.79 Å². The van der Waals surface area contributed by atoms with E-state index in [0.717, 1.165) is 41.9 Å². The number of halogens is 1. The van der Waals surface area contributed by atoms with Crippen LogP contribution in [0.4, 0.5) is 10.5 Å². The zero-order valence-electron chi connectivity index (χ0n) is 13.7. The maximum Gasteiger partial charge on any atom is 0.317 e. The number of nitrogens with one attached hydrogen (secondary N) is 1. The number of carbonyl (C=O) groups excluding carboxylic acids is 1. The molecule has 5 nitrogen and oxygen atoms in total. The third-order valence-corrected chi connectivity index (χ3v) is 5.03. The maximum atomic E-state index is 12.5. The van der Waals surface area contributed by atoms with Gasteiger partial charge in [-0.2, -0.15) is 0 Å². The van der Waals surface area contributed by atoms with Crippen molar-refractivity contribution < 1.29 is 4.79 Å². The van der Waals surface area contributed by atoms with Gasteiger partial charge in [0.25, 0.3) is 0 Å². The predicted octanol–water partition coefficient (Wildman–Crippen LogP) is 3.44. The van der Waals surface area contributed by atoms with Crippen molar-refractivity contribution in [2.24, 2.45) is 0 Å². The van der Waals surface area contributed by atoms with Crippen LogP contribution in [-0.4, -0.2) is 42.1 Å². The zero-order chi connectivity index (χ0) is 16.9. The fourth-order valence-electron chi connectivity index (χ4n) is 2.90. The van der Waals surface area contributed by atoms with Gasteiger partial charge in [0.15, 0.2) is 0 Å². The van der Waals surface area contributed by atoms with E-state index >= 15 is 0 Å². The first kappa shape index (κ1) is 16.8. The van der Waals surface area contributed by atoms with E-state index in [2.05, 4.69) is 31.1 Å². The molecule has 6 heteroatoms. The molecule has 2 aromatic rings. The van der Waals surface area contributed by atoms with Crippen LogP contribution in [0.1, 0.15) is 18.5 Å². The molecule has 1 N–H and O–H groups in total. The number of carbonyl (C=O) groups is 1. The van der Waals surface area contributed by atoms with Crippen molar-refractivity contribution in [1.82, 2.24) is 15.2 Å². The van der Waals surface area contributed by atoms with Crippen molar-refractivity contribution in [3.8, 4) is 0 Å². The number of benzene rings is 1. The first-order valence-electron chi connectivity index (χ1n) is 8.10. The first-order valence-corrected chi connectivity index (χ1v) is 8.89. The van der Waals surface area contributed by atoms with Gasteiger partial charge in [-0.15, -0.1) is 0 Å². The van der Waals surface area contributed by atoms with Gasteiger partial charge in [0.05, 0.1) is 6.04 Å². The van der Waals surface area contributed by atoms with Crippen molar-refractivity contribution in [3.05, 3.63) is 58.8 Å². The Kier molecular flexibility index (Phi) is 5.35. The Hall–Kier alpha value is -2.08. The van der Waals surface area contributed by atoms with Crippen LogP contribution in [0.3, 0.4) is 0 Å². The van der Waals surface area contributed by atoms with Crippen molar-refractivity contribution in [3.63, 3.8) is 0 Å². The number of aromatic nitrogens is 1. The predicted molar refractivity (Wildman–Crippen MR) is 99.1 cm³/mol. The van der Waals surface area contributed by atoms with E-state index in [1.807, 2.05) is 48.2 Å². The average molecular weight is 389 g/mol. The smallest absolute Gasteiger partial charge is 0.317 e. The molecule has 1 atom stereocenters. The lowest BCUT2D eigenvalue weighted by atomic mass is 10.1. The molecule has 1 unspecified atom stereocenters. The zero-order valence-corrected chi connectivity index (χ0v) is 15.2. The number of urea groups is 1. The molecular weight excluding hydrogens is 368 g/mol. The molecule has 24 heavy (non-hydrogen) atoms. The van der Waals surface area contributed by atoms with Crippen LogP contribution in [0, 0.1) is 0 Å². The summed E-state index contributed by atoms with van der Waals surface area (Å²) >= 11 is 3.54. The number of amides is 2. The third kappa shape index (κ3) is 3.87. The minimum Gasteiger partial charge on any atom is -0.368 e. The number of rotatable bonds is 3. The standard InChI is InChI=1S/C18H21BrN4O/c1-14(16-4-2-3-5-17(16)19)21-18(24)23-12-10-22(11-13-23)15-6-8-20-9-7-15/h2-9,14H,10-13H2,1H3,(H,21,24). The van der Waals surface area contributed by atoms with Gasteiger partial charge in [0.1, 0.15) is 0 Å². The number of hydrogen-bond donors (Lipinski definition) is 1. The first-order chi connectivity index (χ1) is 11.6. The Labute approximate surface area is 150 Å². The molecule has 0 bridgehead atoms. The number of pyridine rings is 1. The summed E-state index contributed by atoms with van der Waals surface area (Å²) in [4.78, 5) is 20.7. The van der Waals surface area contributed by atoms with Gasteiger partial charge in [0.2, 0.25) is 0 Å². The molecule has 126 valence electrons. The molecule has 0 saturated carbocycles. The molecule has 3 rings (SSSR count). The van der Waals surface area contributed by atoms with Crippen molar-refractivity contribution >= 4 is 27.6 Å². The minimum atomic E-state index is -0.0358. The van der Waals surface area contributed by atoms with Gasteiger partial charge >= 0.3 is 6.03 Å². The molecular formula is C18H21BrN4O. The topological polar surface area (TPSA) is 48.5 Å². The molecule has 1 aromatic carbocycles. The lowest BCUT2D eigenvalue weighted by Crippen LogP contribution is -2.52. The van der Waals surface area contributed by atoms with E-state index in [9.17, 15) is 4.79 Å². The largest absolute Gasteiger partial charge is 0.368 e. The van der Waals surface area contributed by atoms with E-state index in [4.69, 9.17) is 0 Å². The second-order valence-electron chi connectivity index (χ2n) is 5.87. The molecule has 0 aliphatic carbocycles. The summed E-state index contributed by atoms with van der Waals surface area (Å²) in [7, 11) is 0. The van der Waals surface area contributed by atoms with Gasteiger partial charge in [-0.1, -0.05) is 34.1 Å². The Morgan fingerprint density at radius 2 is 1.79 bits per heavy atom. The van der Waals surface area contributed by atoms with Crippen molar-refractivity contribution in [2.45, 2.75) is 13.0 Å². The van der Waals surface area contributed by atoms with E-state index in [0.29, 0.717) is 0 Å². The fraction of sp³-hybridized carbons (Fsp3) is 0.333. The highest BCUT2D eigenvalue weighted by molar-refractivity contribution is 9.10. The molecule has 1 aliphatic rings. The normalized spacial score (nSPS) is 15.9. The molecule has 1 aliphatic heterocycles. The molecule has 2 amide bonds. The van der Waals surface area contributed by atoms with Crippen LogP contribution in [0.5, 0.6) is 0 Å². The van der Waals surface area contributed by atoms with Crippen LogP contribution >= 0.6 is 15.9 Å². The van der Waals surface area contributed by atoms with Gasteiger partial charge < -0.3 is 15.1 Å². The summed E-state index contributed by atoms with van der Waals surface area (Å²) in [6.07, 6.45) is 3.60. The van der Waals surface area contributed by atoms with Crippen LogP contribution in [0.15, 0.2) is 53.3 Å². The lowest BCUT2D eigenvalue weighted by Gasteiger charge is -2.36. The number of hydrogen-bond acceptors (Lipinski definition) is 3. The van der Waals surface area contributed by atoms with E-state index in [1.165, 1.54) is 0 Å². The lowest BCUT2D eigenvalue weighted by molar-refractivity contribution is 0.191. The quantitative estimate of drug-likeness (QED) is 0.875. The van der Waals surface area contributed by atoms with Crippen LogP contribution in [-0.2, 0) is 0 Å². The molecule has 0 spiro atoms. The number of anilines is 1. The highest BCUT2D eigenvalue weighted by atomic mass is 79.9. The minimum absolute atomic E-state index is 0.00682. The molecule has 2 heterocycles. The summed E-state index contributed by atoms with van der Waals surface area (Å²) in [6, 6.07) is 11.9. The van der Waals surface area contributed by atoms with Crippen LogP contribution in [0.25, 0.3) is 0 Å². The highest BCUT2D eigenvalue weighted by Crippen LogP contribution is 2.23. The van der Waals surface area contributed by atoms with Crippen molar-refractivity contribution in [1.29, 1.82) is 0 Å². The SMILES string of the molecule is CC(NC(=O)N1CCN(c2ccncc2)CC1)c1ccccc1Br. The summed E-state index contributed by atoms with van der Waals surface area (Å²) in [6.45, 7) is 5.11. The van der Waals surface area contributed by atoms with Crippen LogP contribution in [0.2, 0.25) is 0 Å². The Morgan fingerprint density at radius 1 is 1.12 bits per heavy atom. The van der Waals surface area contributed by atoms with E-state index in [1.54, 1.807) is 12.4 Å². The Bertz CT molecular complexity index is 686. The van der Waals surface area contributed by atoms with E-state index < -0.39 is 0 Å². The molecule has 1 fully saturated rings. The maximum absolute atomic E-state index is 12.5. The van der Waals surface area contributed by atoms with Crippen molar-refractivity contribution in [2.75, 3.05) is 31.1 Å². The fourth-order valence-corrected chi connectivity index (χ4v) is 3.53. The van der Waals surface area contributed by atoms with Gasteiger partial charge in [-0.05, 0) is 30.7 Å². The third-order valence-electron chi connectivity index (χ3n) is 4.31. The summed E-state index contributed by atoms with van der Waals surface area (Å²) in [5, 5.41) is 3.09. The van der Waals surface area contributed by atoms with Gasteiger partial charge in [-0.3, -0.25) is 4.98 Å². The second kappa shape index (κ2) is 7.66. The monoisotopic (exact) mass is 388 g/mol. The average Bonchev–Trinajstić information content (AvgIpc) is 2.63. The Balaban J connectivity index is 1.55. The molecule has 1 aromatic heterocycles. The van der Waals surface area contributed by atoms with Gasteiger partial charge in [0, 0.05) is 48.7 Å². The van der Waals surface area contributed by atoms with E-state index in [-0.39, 0.29) is 12.1 Å². The number of piperazine rings is 1. The highest BCUT2D eigenvalue weighted by Gasteiger charge is 2.22. The summed E-state index contributed by atoms with van der Waals surface area (Å²) in [5.41, 5.74) is 2.24. The van der Waals surface area contributed by atoms with Crippen LogP contribution < -0.4 is 10.2 Å². The Morgan fingerprint density at radius 3 is 2.46 bits per heavy atom. The molecule has 1 saturated heterocycles. The molecule has 0 radical (unpaired) electrons. The second-order valence-corrected chi connectivity index (χ2v) is 6.73. The number of nitrogens with zero attached hydrogens (tertiary/aromatic N) is 3. The summed E-state index contributed by atoms with van der Waals surface area (Å²) < 4.78 is 1.01.